The Balaban J connectivity index is 2.41. The van der Waals surface area contributed by atoms with Crippen LogP contribution in [0.1, 0.15) is 12.0 Å². The molecule has 0 saturated heterocycles. The monoisotopic (exact) mass is 269 g/mol. The van der Waals surface area contributed by atoms with E-state index in [-0.39, 0.29) is 11.0 Å². The number of carbonyl (C=O) groups excluding carboxylic acids is 1. The number of alkyl halides is 1. The van der Waals surface area contributed by atoms with E-state index in [9.17, 15) is 4.79 Å². The number of fused-ring (bicyclic) bond motifs is 1. The highest BCUT2D eigenvalue weighted by atomic mass is 79.9. The lowest BCUT2D eigenvalue weighted by atomic mass is 10.0. The Morgan fingerprint density at radius 1 is 1.53 bits per heavy atom. The summed E-state index contributed by atoms with van der Waals surface area (Å²) in [7, 11) is 1.40. The first-order chi connectivity index (χ1) is 7.24. The minimum atomic E-state index is -0.316. The molecule has 80 valence electrons. The molecule has 0 spiro atoms. The van der Waals surface area contributed by atoms with Gasteiger partial charge in [-0.15, -0.1) is 0 Å². The average Bonchev–Trinajstić information content (AvgIpc) is 2.28. The number of anilines is 1. The molecule has 3 nitrogen and oxygen atoms in total. The predicted octanol–water partition coefficient (Wildman–Crippen LogP) is 2.93. The van der Waals surface area contributed by atoms with Crippen molar-refractivity contribution in [2.24, 2.45) is 0 Å². The highest BCUT2D eigenvalue weighted by molar-refractivity contribution is 9.09. The highest BCUT2D eigenvalue weighted by Gasteiger charge is 2.29. The molecule has 0 bridgehead atoms. The van der Waals surface area contributed by atoms with Gasteiger partial charge in [0.15, 0.2) is 0 Å². The molecule has 2 rings (SSSR count). The van der Waals surface area contributed by atoms with Crippen LogP contribution in [0.15, 0.2) is 24.3 Å². The van der Waals surface area contributed by atoms with Crippen molar-refractivity contribution in [2.75, 3.05) is 12.0 Å². The molecule has 0 saturated carbocycles. The number of hydrogen-bond donors (Lipinski definition) is 0. The highest BCUT2D eigenvalue weighted by Crippen LogP contribution is 2.33. The molecule has 1 aliphatic rings. The Hall–Kier alpha value is -1.03. The lowest BCUT2D eigenvalue weighted by molar-refractivity contribution is 0.177. The van der Waals surface area contributed by atoms with Crippen molar-refractivity contribution in [2.45, 2.75) is 17.8 Å². The molecule has 0 radical (unpaired) electrons. The standard InChI is InChI=1S/C11H12BrNO2/c1-15-11(14)13-9-5-3-2-4-8(9)6-7-10(13)12/h2-5,10H,6-7H2,1H3. The molecule has 15 heavy (non-hydrogen) atoms. The summed E-state index contributed by atoms with van der Waals surface area (Å²) in [6, 6.07) is 7.91. The summed E-state index contributed by atoms with van der Waals surface area (Å²) in [4.78, 5) is 13.3. The lowest BCUT2D eigenvalue weighted by Gasteiger charge is -2.32. The van der Waals surface area contributed by atoms with E-state index in [0.717, 1.165) is 18.5 Å². The fourth-order valence-electron chi connectivity index (χ4n) is 1.82. The van der Waals surface area contributed by atoms with Crippen LogP contribution in [-0.4, -0.2) is 18.2 Å². The number of halogens is 1. The minimum Gasteiger partial charge on any atom is -0.452 e. The number of aryl methyl sites for hydroxylation is 1. The Morgan fingerprint density at radius 2 is 2.27 bits per heavy atom. The number of amides is 1. The molecule has 0 fully saturated rings. The van der Waals surface area contributed by atoms with Crippen LogP contribution >= 0.6 is 15.9 Å². The van der Waals surface area contributed by atoms with Crippen LogP contribution in [0, 0.1) is 0 Å². The van der Waals surface area contributed by atoms with Gasteiger partial charge in [0.1, 0.15) is 0 Å². The van der Waals surface area contributed by atoms with Gasteiger partial charge in [-0.05, 0) is 24.5 Å². The Labute approximate surface area is 97.2 Å². The third-order valence-corrected chi connectivity index (χ3v) is 3.42. The van der Waals surface area contributed by atoms with Crippen LogP contribution in [0.25, 0.3) is 0 Å². The van der Waals surface area contributed by atoms with Gasteiger partial charge in [-0.1, -0.05) is 34.1 Å². The summed E-state index contributed by atoms with van der Waals surface area (Å²) < 4.78 is 4.77. The van der Waals surface area contributed by atoms with E-state index in [4.69, 9.17) is 4.74 Å². The van der Waals surface area contributed by atoms with Crippen LogP contribution in [0.2, 0.25) is 0 Å². The van der Waals surface area contributed by atoms with Gasteiger partial charge in [0, 0.05) is 0 Å². The number of para-hydroxylation sites is 1. The Kier molecular flexibility index (Phi) is 2.95. The number of carbonyl (C=O) groups is 1. The summed E-state index contributed by atoms with van der Waals surface area (Å²) in [6.45, 7) is 0. The number of benzene rings is 1. The number of methoxy groups -OCH3 is 1. The van der Waals surface area contributed by atoms with Gasteiger partial charge in [-0.2, -0.15) is 0 Å². The maximum absolute atomic E-state index is 11.6. The largest absolute Gasteiger partial charge is 0.452 e. The maximum atomic E-state index is 11.6. The van der Waals surface area contributed by atoms with Gasteiger partial charge in [0.25, 0.3) is 0 Å². The SMILES string of the molecule is COC(=O)N1c2ccccc2CCC1Br. The normalized spacial score (nSPS) is 19.6. The molecule has 1 amide bonds. The zero-order chi connectivity index (χ0) is 10.8. The molecular formula is C11H12BrNO2. The molecule has 1 aromatic carbocycles. The van der Waals surface area contributed by atoms with Crippen molar-refractivity contribution in [1.82, 2.24) is 0 Å². The molecular weight excluding hydrogens is 258 g/mol. The second-order valence-corrected chi connectivity index (χ2v) is 4.50. The van der Waals surface area contributed by atoms with Crippen LogP contribution in [0.3, 0.4) is 0 Å². The van der Waals surface area contributed by atoms with E-state index < -0.39 is 0 Å². The summed E-state index contributed by atoms with van der Waals surface area (Å²) >= 11 is 3.49. The van der Waals surface area contributed by atoms with Gasteiger partial charge >= 0.3 is 6.09 Å². The van der Waals surface area contributed by atoms with Crippen molar-refractivity contribution >= 4 is 27.7 Å². The first kappa shape index (κ1) is 10.5. The van der Waals surface area contributed by atoms with Crippen LogP contribution in [0.4, 0.5) is 10.5 Å². The molecule has 0 N–H and O–H groups in total. The molecule has 0 aliphatic carbocycles. The molecule has 1 heterocycles. The third kappa shape index (κ3) is 1.86. The predicted molar refractivity (Wildman–Crippen MR) is 62.4 cm³/mol. The van der Waals surface area contributed by atoms with E-state index in [1.165, 1.54) is 12.7 Å². The second kappa shape index (κ2) is 4.23. The van der Waals surface area contributed by atoms with Crippen LogP contribution < -0.4 is 4.90 Å². The van der Waals surface area contributed by atoms with E-state index in [1.54, 1.807) is 4.90 Å². The third-order valence-electron chi connectivity index (χ3n) is 2.55. The zero-order valence-electron chi connectivity index (χ0n) is 8.44. The second-order valence-electron chi connectivity index (χ2n) is 3.44. The zero-order valence-corrected chi connectivity index (χ0v) is 10.0. The van der Waals surface area contributed by atoms with Crippen LogP contribution in [0.5, 0.6) is 0 Å². The molecule has 1 aliphatic heterocycles. The molecule has 4 heteroatoms. The smallest absolute Gasteiger partial charge is 0.414 e. The number of hydrogen-bond acceptors (Lipinski definition) is 2. The topological polar surface area (TPSA) is 29.5 Å². The summed E-state index contributed by atoms with van der Waals surface area (Å²) in [6.07, 6.45) is 1.58. The molecule has 1 atom stereocenters. The Morgan fingerprint density at radius 3 is 3.00 bits per heavy atom. The Bertz CT molecular complexity index is 381. The van der Waals surface area contributed by atoms with Crippen LogP contribution in [-0.2, 0) is 11.2 Å². The minimum absolute atomic E-state index is 0.0276. The first-order valence-corrected chi connectivity index (χ1v) is 5.74. The number of nitrogens with zero attached hydrogens (tertiary/aromatic N) is 1. The van der Waals surface area contributed by atoms with Gasteiger partial charge in [-0.3, -0.25) is 4.90 Å². The maximum Gasteiger partial charge on any atom is 0.414 e. The average molecular weight is 270 g/mol. The first-order valence-electron chi connectivity index (χ1n) is 4.83. The van der Waals surface area contributed by atoms with E-state index in [0.29, 0.717) is 0 Å². The van der Waals surface area contributed by atoms with Gasteiger partial charge < -0.3 is 4.74 Å². The lowest BCUT2D eigenvalue weighted by Crippen LogP contribution is -2.40. The van der Waals surface area contributed by atoms with E-state index in [2.05, 4.69) is 15.9 Å². The number of ether oxygens (including phenoxy) is 1. The van der Waals surface area contributed by atoms with Gasteiger partial charge in [0.05, 0.1) is 17.7 Å². The summed E-state index contributed by atoms with van der Waals surface area (Å²) in [5.74, 6) is 0. The van der Waals surface area contributed by atoms with Gasteiger partial charge in [0.2, 0.25) is 0 Å². The van der Waals surface area contributed by atoms with Crippen molar-refractivity contribution in [3.8, 4) is 0 Å². The molecule has 1 unspecified atom stereocenters. The fraction of sp³-hybridized carbons (Fsp3) is 0.364. The summed E-state index contributed by atoms with van der Waals surface area (Å²) in [5, 5.41) is 0. The molecule has 1 aromatic rings. The summed E-state index contributed by atoms with van der Waals surface area (Å²) in [5.41, 5.74) is 2.14. The quantitative estimate of drug-likeness (QED) is 0.536. The van der Waals surface area contributed by atoms with E-state index in [1.807, 2.05) is 24.3 Å². The number of rotatable bonds is 0. The van der Waals surface area contributed by atoms with Crippen molar-refractivity contribution in [3.63, 3.8) is 0 Å². The van der Waals surface area contributed by atoms with Gasteiger partial charge in [-0.25, -0.2) is 4.79 Å². The van der Waals surface area contributed by atoms with Crippen molar-refractivity contribution in [3.05, 3.63) is 29.8 Å². The fourth-order valence-corrected chi connectivity index (χ4v) is 2.44. The van der Waals surface area contributed by atoms with Crippen molar-refractivity contribution < 1.29 is 9.53 Å². The van der Waals surface area contributed by atoms with Crippen molar-refractivity contribution in [1.29, 1.82) is 0 Å². The van der Waals surface area contributed by atoms with E-state index >= 15 is 0 Å². The molecule has 0 aromatic heterocycles.